The molecule has 0 amide bonds. The molecule has 6 heteroatoms. The Hall–Kier alpha value is -2.89. The van der Waals surface area contributed by atoms with Crippen LogP contribution in [0.1, 0.15) is 59.2 Å². The van der Waals surface area contributed by atoms with Gasteiger partial charge in [0, 0.05) is 12.4 Å². The first-order chi connectivity index (χ1) is 13.7. The maximum Gasteiger partial charge on any atom is 0.339 e. The molecule has 0 spiro atoms. The summed E-state index contributed by atoms with van der Waals surface area (Å²) in [7, 11) is 1.36. The predicted molar refractivity (Wildman–Crippen MR) is 105 cm³/mol. The normalized spacial score (nSPS) is 10.3. The van der Waals surface area contributed by atoms with Crippen molar-refractivity contribution in [2.45, 2.75) is 38.5 Å². The Bertz CT molecular complexity index is 715. The van der Waals surface area contributed by atoms with Crippen molar-refractivity contribution in [3.8, 4) is 5.75 Å². The van der Waals surface area contributed by atoms with Crippen LogP contribution in [0.25, 0.3) is 0 Å². The number of carbonyl (C=O) groups is 2. The number of carbonyl (C=O) groups excluding carboxylic acids is 2. The van der Waals surface area contributed by atoms with E-state index in [4.69, 9.17) is 9.47 Å². The molecular weight excluding hydrogens is 358 g/mol. The van der Waals surface area contributed by atoms with E-state index in [1.807, 2.05) is 0 Å². The highest BCUT2D eigenvalue weighted by molar-refractivity contribution is 5.89. The Labute approximate surface area is 165 Å². The maximum absolute atomic E-state index is 11.7. The minimum absolute atomic E-state index is 0.315. The van der Waals surface area contributed by atoms with Gasteiger partial charge in [-0.2, -0.15) is 0 Å². The van der Waals surface area contributed by atoms with E-state index in [-0.39, 0.29) is 11.9 Å². The maximum atomic E-state index is 11.7. The molecule has 0 saturated heterocycles. The molecule has 28 heavy (non-hydrogen) atoms. The number of benzene rings is 1. The molecule has 1 aromatic carbocycles. The van der Waals surface area contributed by atoms with Gasteiger partial charge in [0.2, 0.25) is 0 Å². The van der Waals surface area contributed by atoms with Crippen LogP contribution in [0, 0.1) is 0 Å². The number of nitrogens with zero attached hydrogens (tertiary/aromatic N) is 1. The number of ether oxygens (including phenoxy) is 3. The average Bonchev–Trinajstić information content (AvgIpc) is 2.75. The average molecular weight is 385 g/mol. The molecule has 0 atom stereocenters. The third-order valence-electron chi connectivity index (χ3n) is 4.21. The quantitative estimate of drug-likeness (QED) is 0.397. The zero-order chi connectivity index (χ0) is 20.0. The standard InChI is InChI=1S/C22H27NO5/c1-26-21(24)18-10-12-20(13-11-18)27-15-6-4-2-3-5-7-16-28-22(25)19-9-8-14-23-17-19/h8-14,17H,2-7,15-16H2,1H3. The van der Waals surface area contributed by atoms with E-state index in [0.717, 1.165) is 44.3 Å². The summed E-state index contributed by atoms with van der Waals surface area (Å²) in [4.78, 5) is 27.0. The smallest absolute Gasteiger partial charge is 0.339 e. The van der Waals surface area contributed by atoms with E-state index in [9.17, 15) is 9.59 Å². The Morgan fingerprint density at radius 3 is 2.14 bits per heavy atom. The topological polar surface area (TPSA) is 74.7 Å². The second kappa shape index (κ2) is 12.5. The van der Waals surface area contributed by atoms with Crippen LogP contribution in [-0.4, -0.2) is 37.2 Å². The second-order valence-corrected chi connectivity index (χ2v) is 6.36. The van der Waals surface area contributed by atoms with Gasteiger partial charge in [0.25, 0.3) is 0 Å². The summed E-state index contributed by atoms with van der Waals surface area (Å²) in [6.45, 7) is 1.10. The van der Waals surface area contributed by atoms with Crippen molar-refractivity contribution in [1.82, 2.24) is 4.98 Å². The van der Waals surface area contributed by atoms with Crippen molar-refractivity contribution in [2.75, 3.05) is 20.3 Å². The van der Waals surface area contributed by atoms with Gasteiger partial charge < -0.3 is 14.2 Å². The molecule has 150 valence electrons. The lowest BCUT2D eigenvalue weighted by molar-refractivity contribution is 0.0496. The first kappa shape index (κ1) is 21.4. The van der Waals surface area contributed by atoms with Gasteiger partial charge in [0.1, 0.15) is 5.75 Å². The van der Waals surface area contributed by atoms with Crippen LogP contribution in [0.15, 0.2) is 48.8 Å². The van der Waals surface area contributed by atoms with Crippen molar-refractivity contribution >= 4 is 11.9 Å². The van der Waals surface area contributed by atoms with Crippen LogP contribution in [0.3, 0.4) is 0 Å². The first-order valence-electron chi connectivity index (χ1n) is 9.59. The SMILES string of the molecule is COC(=O)c1ccc(OCCCCCCCCOC(=O)c2cccnc2)cc1. The van der Waals surface area contributed by atoms with Crippen LogP contribution >= 0.6 is 0 Å². The van der Waals surface area contributed by atoms with Gasteiger partial charge in [-0.25, -0.2) is 9.59 Å². The number of esters is 2. The fraction of sp³-hybridized carbons (Fsp3) is 0.409. The molecule has 1 heterocycles. The molecule has 6 nitrogen and oxygen atoms in total. The number of hydrogen-bond acceptors (Lipinski definition) is 6. The van der Waals surface area contributed by atoms with Crippen LogP contribution < -0.4 is 4.74 Å². The minimum atomic E-state index is -0.349. The molecule has 0 unspecified atom stereocenters. The summed E-state index contributed by atoms with van der Waals surface area (Å²) in [5.74, 6) is 0.0892. The molecule has 0 N–H and O–H groups in total. The third kappa shape index (κ3) is 7.78. The molecule has 0 aliphatic rings. The van der Waals surface area contributed by atoms with Crippen LogP contribution in [0.2, 0.25) is 0 Å². The number of unbranched alkanes of at least 4 members (excludes halogenated alkanes) is 5. The number of hydrogen-bond donors (Lipinski definition) is 0. The Morgan fingerprint density at radius 1 is 0.821 bits per heavy atom. The molecule has 2 rings (SSSR count). The van der Waals surface area contributed by atoms with Crippen LogP contribution in [-0.2, 0) is 9.47 Å². The zero-order valence-corrected chi connectivity index (χ0v) is 16.3. The molecule has 0 radical (unpaired) electrons. The summed E-state index contributed by atoms with van der Waals surface area (Å²) in [5, 5.41) is 0. The summed E-state index contributed by atoms with van der Waals surface area (Å²) in [6, 6.07) is 10.4. The van der Waals surface area contributed by atoms with Crippen molar-refractivity contribution in [3.63, 3.8) is 0 Å². The molecule has 0 fully saturated rings. The van der Waals surface area contributed by atoms with Gasteiger partial charge in [-0.3, -0.25) is 4.98 Å². The highest BCUT2D eigenvalue weighted by Crippen LogP contribution is 2.14. The van der Waals surface area contributed by atoms with E-state index < -0.39 is 0 Å². The molecule has 0 aliphatic carbocycles. The number of aromatic nitrogens is 1. The van der Waals surface area contributed by atoms with Gasteiger partial charge in [-0.15, -0.1) is 0 Å². The van der Waals surface area contributed by atoms with Gasteiger partial charge in [0.05, 0.1) is 31.5 Å². The minimum Gasteiger partial charge on any atom is -0.494 e. The highest BCUT2D eigenvalue weighted by atomic mass is 16.5. The van der Waals surface area contributed by atoms with E-state index in [1.54, 1.807) is 42.6 Å². The van der Waals surface area contributed by atoms with Crippen LogP contribution in [0.4, 0.5) is 0 Å². The predicted octanol–water partition coefficient (Wildman–Crippen LogP) is 4.44. The molecular formula is C22H27NO5. The van der Waals surface area contributed by atoms with Crippen molar-refractivity contribution in [2.24, 2.45) is 0 Å². The summed E-state index contributed by atoms with van der Waals surface area (Å²) in [6.07, 6.45) is 9.36. The van der Waals surface area contributed by atoms with Gasteiger partial charge in [-0.05, 0) is 49.2 Å². The monoisotopic (exact) mass is 385 g/mol. The summed E-state index contributed by atoms with van der Waals surface area (Å²) in [5.41, 5.74) is 1.00. The van der Waals surface area contributed by atoms with E-state index in [1.165, 1.54) is 13.3 Å². The Morgan fingerprint density at radius 2 is 1.50 bits per heavy atom. The largest absolute Gasteiger partial charge is 0.494 e. The third-order valence-corrected chi connectivity index (χ3v) is 4.21. The van der Waals surface area contributed by atoms with Crippen molar-refractivity contribution in [1.29, 1.82) is 0 Å². The number of pyridine rings is 1. The fourth-order valence-corrected chi connectivity index (χ4v) is 2.64. The molecule has 0 saturated carbocycles. The van der Waals surface area contributed by atoms with E-state index in [0.29, 0.717) is 24.3 Å². The van der Waals surface area contributed by atoms with Gasteiger partial charge in [-0.1, -0.05) is 25.7 Å². The van der Waals surface area contributed by atoms with E-state index in [2.05, 4.69) is 9.72 Å². The highest BCUT2D eigenvalue weighted by Gasteiger charge is 2.06. The fourth-order valence-electron chi connectivity index (χ4n) is 2.64. The second-order valence-electron chi connectivity index (χ2n) is 6.36. The van der Waals surface area contributed by atoms with Gasteiger partial charge >= 0.3 is 11.9 Å². The lowest BCUT2D eigenvalue weighted by atomic mass is 10.1. The van der Waals surface area contributed by atoms with Crippen molar-refractivity contribution in [3.05, 3.63) is 59.9 Å². The van der Waals surface area contributed by atoms with Crippen molar-refractivity contribution < 1.29 is 23.8 Å². The van der Waals surface area contributed by atoms with Crippen LogP contribution in [0.5, 0.6) is 5.75 Å². The lowest BCUT2D eigenvalue weighted by Crippen LogP contribution is -2.06. The van der Waals surface area contributed by atoms with Gasteiger partial charge in [0.15, 0.2) is 0 Å². The molecule has 1 aromatic heterocycles. The van der Waals surface area contributed by atoms with E-state index >= 15 is 0 Å². The first-order valence-corrected chi connectivity index (χ1v) is 9.59. The Balaban J connectivity index is 1.44. The molecule has 0 aliphatic heterocycles. The molecule has 2 aromatic rings. The summed E-state index contributed by atoms with van der Waals surface area (Å²) >= 11 is 0. The molecule has 0 bridgehead atoms. The lowest BCUT2D eigenvalue weighted by Gasteiger charge is -2.07. The summed E-state index contributed by atoms with van der Waals surface area (Å²) < 4.78 is 15.6. The number of rotatable bonds is 12. The Kier molecular flexibility index (Phi) is 9.55. The zero-order valence-electron chi connectivity index (χ0n) is 16.3. The number of methoxy groups -OCH3 is 1.